The second kappa shape index (κ2) is 7.12. The average molecular weight is 461 g/mol. The first-order valence-corrected chi connectivity index (χ1v) is 13.7. The lowest BCUT2D eigenvalue weighted by Gasteiger charge is -2.59. The largest absolute Gasteiger partial charge is 0.508 e. The maximum Gasteiger partial charge on any atom is 0.508 e. The number of hydrogen-bond donors (Lipinski definition) is 1. The van der Waals surface area contributed by atoms with Crippen LogP contribution in [0.5, 0.6) is 0 Å². The molecule has 3 unspecified atom stereocenters. The summed E-state index contributed by atoms with van der Waals surface area (Å²) in [7, 11) is 1.35. The predicted molar refractivity (Wildman–Crippen MR) is 124 cm³/mol. The van der Waals surface area contributed by atoms with Gasteiger partial charge in [-0.15, -0.1) is 0 Å². The van der Waals surface area contributed by atoms with Crippen molar-refractivity contribution < 1.29 is 24.1 Å². The number of rotatable bonds is 2. The summed E-state index contributed by atoms with van der Waals surface area (Å²) >= 11 is 0. The molecule has 5 aliphatic carbocycles. The Hall–Kier alpha value is -0.810. The van der Waals surface area contributed by atoms with Crippen LogP contribution in [-0.2, 0) is 14.2 Å². The second-order valence-corrected chi connectivity index (χ2v) is 13.5. The molecule has 11 atom stereocenters. The maximum atomic E-state index is 11.4. The molecule has 6 aliphatic rings. The summed E-state index contributed by atoms with van der Waals surface area (Å²) in [5.41, 5.74) is 1.39. The molecule has 0 aromatic carbocycles. The molecule has 1 heterocycles. The van der Waals surface area contributed by atoms with Crippen LogP contribution < -0.4 is 0 Å². The van der Waals surface area contributed by atoms with E-state index >= 15 is 0 Å². The van der Waals surface area contributed by atoms with Crippen LogP contribution in [0.15, 0.2) is 0 Å². The first-order chi connectivity index (χ1) is 15.6. The van der Waals surface area contributed by atoms with Crippen LogP contribution >= 0.6 is 0 Å². The van der Waals surface area contributed by atoms with Crippen molar-refractivity contribution in [3.8, 4) is 0 Å². The van der Waals surface area contributed by atoms with Gasteiger partial charge < -0.3 is 19.3 Å². The van der Waals surface area contributed by atoms with Gasteiger partial charge in [-0.25, -0.2) is 4.79 Å². The molecule has 0 aromatic heterocycles. The molecule has 0 radical (unpaired) electrons. The highest BCUT2D eigenvalue weighted by atomic mass is 16.7. The summed E-state index contributed by atoms with van der Waals surface area (Å²) in [6, 6.07) is 0. The Morgan fingerprint density at radius 1 is 0.970 bits per heavy atom. The first kappa shape index (κ1) is 22.6. The molecule has 33 heavy (non-hydrogen) atoms. The number of hydrogen-bond acceptors (Lipinski definition) is 5. The van der Waals surface area contributed by atoms with Crippen molar-refractivity contribution in [2.75, 3.05) is 13.7 Å². The van der Waals surface area contributed by atoms with E-state index in [1.54, 1.807) is 0 Å². The van der Waals surface area contributed by atoms with Gasteiger partial charge in [-0.1, -0.05) is 27.7 Å². The van der Waals surface area contributed by atoms with Crippen LogP contribution in [0, 0.1) is 51.2 Å². The van der Waals surface area contributed by atoms with E-state index in [4.69, 9.17) is 9.47 Å². The molecule has 5 nitrogen and oxygen atoms in total. The number of carbonyl (C=O) groups excluding carboxylic acids is 1. The molecule has 1 aliphatic heterocycles. The molecule has 6 fully saturated rings. The maximum absolute atomic E-state index is 11.4. The van der Waals surface area contributed by atoms with Gasteiger partial charge in [-0.3, -0.25) is 0 Å². The molecule has 2 spiro atoms. The molecule has 1 N–H and O–H groups in total. The molecule has 1 saturated heterocycles. The van der Waals surface area contributed by atoms with E-state index in [-0.39, 0.29) is 17.6 Å². The Morgan fingerprint density at radius 2 is 1.73 bits per heavy atom. The molecule has 6 rings (SSSR count). The van der Waals surface area contributed by atoms with E-state index in [0.29, 0.717) is 40.8 Å². The number of aliphatic hydroxyl groups excluding tert-OH is 1. The summed E-state index contributed by atoms with van der Waals surface area (Å²) < 4.78 is 16.5. The molecule has 0 aromatic rings. The summed E-state index contributed by atoms with van der Waals surface area (Å²) in [5, 5.41) is 10.9. The third-order valence-corrected chi connectivity index (χ3v) is 12.9. The van der Waals surface area contributed by atoms with Crippen molar-refractivity contribution >= 4 is 6.16 Å². The van der Waals surface area contributed by atoms with Gasteiger partial charge in [0.05, 0.1) is 25.4 Å². The van der Waals surface area contributed by atoms with Crippen LogP contribution in [-0.4, -0.2) is 43.3 Å². The highest BCUT2D eigenvalue weighted by Crippen LogP contribution is 2.89. The summed E-state index contributed by atoms with van der Waals surface area (Å²) in [4.78, 5) is 11.4. The average Bonchev–Trinajstić information content (AvgIpc) is 3.18. The van der Waals surface area contributed by atoms with Crippen LogP contribution in [0.3, 0.4) is 0 Å². The monoisotopic (exact) mass is 460 g/mol. The number of aliphatic hydroxyl groups is 1. The van der Waals surface area contributed by atoms with Crippen LogP contribution in [0.25, 0.3) is 0 Å². The predicted octanol–water partition coefficient (Wildman–Crippen LogP) is 5.58. The Kier molecular flexibility index (Phi) is 4.88. The molecule has 5 saturated carbocycles. The van der Waals surface area contributed by atoms with E-state index in [1.165, 1.54) is 52.1 Å². The quantitative estimate of drug-likeness (QED) is 0.545. The van der Waals surface area contributed by atoms with E-state index in [2.05, 4.69) is 32.4 Å². The minimum absolute atomic E-state index is 0.00521. The summed E-state index contributed by atoms with van der Waals surface area (Å²) in [6.45, 7) is 10.2. The molecular formula is C28H44O5. The first-order valence-electron chi connectivity index (χ1n) is 13.7. The molecular weight excluding hydrogens is 416 g/mol. The van der Waals surface area contributed by atoms with Gasteiger partial charge >= 0.3 is 6.16 Å². The fourth-order valence-electron chi connectivity index (χ4n) is 11.4. The SMILES string of the molecule is COC(=O)OC[C@H]1CC[C@H]2[C@@H](CC3[C@@H]4CCC5C(C)(C)[C@@H](O)CCC56[C@@H](C)[C@@]46CC[C@@]32C)O1. The third-order valence-electron chi connectivity index (χ3n) is 12.9. The molecule has 0 amide bonds. The van der Waals surface area contributed by atoms with Crippen molar-refractivity contribution in [2.24, 2.45) is 51.2 Å². The molecule has 186 valence electrons. The van der Waals surface area contributed by atoms with Gasteiger partial charge in [0.2, 0.25) is 0 Å². The molecule has 5 heteroatoms. The van der Waals surface area contributed by atoms with E-state index in [9.17, 15) is 9.90 Å². The van der Waals surface area contributed by atoms with E-state index < -0.39 is 6.16 Å². The van der Waals surface area contributed by atoms with Gasteiger partial charge in [-0.05, 0) is 109 Å². The number of ether oxygens (including phenoxy) is 3. The minimum Gasteiger partial charge on any atom is -0.438 e. The summed E-state index contributed by atoms with van der Waals surface area (Å²) in [6.07, 6.45) is 10.5. The lowest BCUT2D eigenvalue weighted by Crippen LogP contribution is -2.54. The summed E-state index contributed by atoms with van der Waals surface area (Å²) in [5.74, 6) is 3.67. The van der Waals surface area contributed by atoms with Crippen molar-refractivity contribution in [2.45, 2.75) is 104 Å². The molecule has 0 bridgehead atoms. The van der Waals surface area contributed by atoms with Crippen molar-refractivity contribution in [1.29, 1.82) is 0 Å². The Balaban J connectivity index is 1.24. The van der Waals surface area contributed by atoms with Crippen molar-refractivity contribution in [3.63, 3.8) is 0 Å². The standard InChI is InChI=1S/C28H44O5/c1-16-27-13-12-26(4)19-7-6-17(15-32-24(30)31-5)33-21(19)14-20(26)18(27)8-9-22-25(2,3)23(29)10-11-28(16,22)27/h16-23,29H,6-15H2,1-5H3/t16-,17+,18-,19-,20?,21+,22?,23-,26+,27-,28?/m0/s1. The number of methoxy groups -OCH3 is 1. The van der Waals surface area contributed by atoms with Crippen LogP contribution in [0.1, 0.15) is 85.5 Å². The fourth-order valence-corrected chi connectivity index (χ4v) is 11.4. The highest BCUT2D eigenvalue weighted by molar-refractivity contribution is 5.59. The lowest BCUT2D eigenvalue weighted by molar-refractivity contribution is -0.136. The van der Waals surface area contributed by atoms with E-state index in [0.717, 1.165) is 30.6 Å². The van der Waals surface area contributed by atoms with Gasteiger partial charge in [0.25, 0.3) is 0 Å². The topological polar surface area (TPSA) is 65.0 Å². The van der Waals surface area contributed by atoms with Crippen LogP contribution in [0.2, 0.25) is 0 Å². The van der Waals surface area contributed by atoms with Crippen LogP contribution in [0.4, 0.5) is 4.79 Å². The van der Waals surface area contributed by atoms with Crippen molar-refractivity contribution in [3.05, 3.63) is 0 Å². The van der Waals surface area contributed by atoms with Gasteiger partial charge in [0.15, 0.2) is 0 Å². The van der Waals surface area contributed by atoms with E-state index in [1.807, 2.05) is 0 Å². The normalized spacial score (nSPS) is 55.8. The van der Waals surface area contributed by atoms with Crippen molar-refractivity contribution in [1.82, 2.24) is 0 Å². The third kappa shape index (κ3) is 2.65. The smallest absolute Gasteiger partial charge is 0.438 e. The second-order valence-electron chi connectivity index (χ2n) is 13.5. The zero-order valence-corrected chi connectivity index (χ0v) is 21.3. The fraction of sp³-hybridized carbons (Fsp3) is 0.964. The number of fused-ring (bicyclic) bond motifs is 4. The number of carbonyl (C=O) groups is 1. The zero-order valence-electron chi connectivity index (χ0n) is 21.3. The van der Waals surface area contributed by atoms with Gasteiger partial charge in [0.1, 0.15) is 6.61 Å². The van der Waals surface area contributed by atoms with Gasteiger partial charge in [-0.2, -0.15) is 0 Å². The minimum atomic E-state index is -0.611. The lowest BCUT2D eigenvalue weighted by atomic mass is 9.46. The highest BCUT2D eigenvalue weighted by Gasteiger charge is 2.84. The van der Waals surface area contributed by atoms with Gasteiger partial charge in [0, 0.05) is 0 Å². The Labute approximate surface area is 199 Å². The Bertz CT molecular complexity index is 825. The Morgan fingerprint density at radius 3 is 2.48 bits per heavy atom. The zero-order chi connectivity index (χ0) is 23.4.